The molecule has 0 aliphatic rings. The third kappa shape index (κ3) is 3.13. The summed E-state index contributed by atoms with van der Waals surface area (Å²) in [4.78, 5) is 12.6. The molecule has 0 amide bonds. The van der Waals surface area contributed by atoms with Gasteiger partial charge in [-0.1, -0.05) is 20.8 Å². The van der Waals surface area contributed by atoms with Crippen molar-refractivity contribution in [1.29, 1.82) is 0 Å². The van der Waals surface area contributed by atoms with Crippen LogP contribution in [0.5, 0.6) is 0 Å². The first-order valence-electron chi connectivity index (χ1n) is 5.48. The lowest BCUT2D eigenvalue weighted by Crippen LogP contribution is -2.20. The predicted octanol–water partition coefficient (Wildman–Crippen LogP) is 1.85. The van der Waals surface area contributed by atoms with Crippen molar-refractivity contribution in [3.8, 4) is 0 Å². The van der Waals surface area contributed by atoms with E-state index in [-0.39, 0.29) is 17.5 Å². The van der Waals surface area contributed by atoms with E-state index in [2.05, 4.69) is 15.0 Å². The maximum Gasteiger partial charge on any atom is 0.223 e. The third-order valence-electron chi connectivity index (χ3n) is 2.12. The zero-order valence-corrected chi connectivity index (χ0v) is 10.6. The predicted molar refractivity (Wildman–Crippen MR) is 63.0 cm³/mol. The standard InChI is InChI=1S/C11H20N4O/c1-6-16-7(2)8-13-9(11(3,4)5)15-10(12)14-8/h7H,6H2,1-5H3,(H2,12,13,14,15). The van der Waals surface area contributed by atoms with Crippen LogP contribution in [0.4, 0.5) is 5.95 Å². The molecule has 0 aliphatic carbocycles. The minimum atomic E-state index is -0.156. The number of nitrogens with zero attached hydrogens (tertiary/aromatic N) is 3. The number of aromatic nitrogens is 3. The summed E-state index contributed by atoms with van der Waals surface area (Å²) < 4.78 is 5.44. The molecule has 16 heavy (non-hydrogen) atoms. The molecule has 5 nitrogen and oxygen atoms in total. The van der Waals surface area contributed by atoms with Crippen molar-refractivity contribution in [2.45, 2.75) is 46.1 Å². The highest BCUT2D eigenvalue weighted by Crippen LogP contribution is 2.21. The molecule has 0 saturated carbocycles. The molecular weight excluding hydrogens is 204 g/mol. The smallest absolute Gasteiger partial charge is 0.223 e. The van der Waals surface area contributed by atoms with Crippen LogP contribution >= 0.6 is 0 Å². The lowest BCUT2D eigenvalue weighted by atomic mass is 9.96. The Hall–Kier alpha value is -1.23. The van der Waals surface area contributed by atoms with Gasteiger partial charge in [-0.05, 0) is 13.8 Å². The Labute approximate surface area is 96.5 Å². The summed E-state index contributed by atoms with van der Waals surface area (Å²) in [5, 5.41) is 0. The van der Waals surface area contributed by atoms with Crippen LogP contribution in [0.15, 0.2) is 0 Å². The summed E-state index contributed by atoms with van der Waals surface area (Å²) in [5.41, 5.74) is 5.53. The largest absolute Gasteiger partial charge is 0.371 e. The topological polar surface area (TPSA) is 73.9 Å². The molecule has 1 unspecified atom stereocenters. The number of ether oxygens (including phenoxy) is 1. The fourth-order valence-electron chi connectivity index (χ4n) is 1.25. The molecule has 0 aliphatic heterocycles. The van der Waals surface area contributed by atoms with E-state index in [1.807, 2.05) is 34.6 Å². The van der Waals surface area contributed by atoms with Gasteiger partial charge in [0.2, 0.25) is 5.95 Å². The fourth-order valence-corrected chi connectivity index (χ4v) is 1.25. The molecule has 5 heteroatoms. The van der Waals surface area contributed by atoms with Crippen molar-refractivity contribution in [3.63, 3.8) is 0 Å². The van der Waals surface area contributed by atoms with Crippen LogP contribution in [0.25, 0.3) is 0 Å². The average Bonchev–Trinajstić information content (AvgIpc) is 2.16. The molecule has 1 atom stereocenters. The number of hydrogen-bond acceptors (Lipinski definition) is 5. The second-order valence-electron chi connectivity index (χ2n) is 4.72. The second-order valence-corrected chi connectivity index (χ2v) is 4.72. The summed E-state index contributed by atoms with van der Waals surface area (Å²) in [5.74, 6) is 1.54. The van der Waals surface area contributed by atoms with Gasteiger partial charge in [0.15, 0.2) is 5.82 Å². The summed E-state index contributed by atoms with van der Waals surface area (Å²) in [6.07, 6.45) is -0.156. The van der Waals surface area contributed by atoms with E-state index in [1.165, 1.54) is 0 Å². The summed E-state index contributed by atoms with van der Waals surface area (Å²) in [7, 11) is 0. The first-order chi connectivity index (χ1) is 7.34. The monoisotopic (exact) mass is 224 g/mol. The maximum atomic E-state index is 5.67. The van der Waals surface area contributed by atoms with Gasteiger partial charge in [0.1, 0.15) is 11.9 Å². The number of anilines is 1. The minimum Gasteiger partial charge on any atom is -0.371 e. The van der Waals surface area contributed by atoms with Gasteiger partial charge in [-0.2, -0.15) is 9.97 Å². The highest BCUT2D eigenvalue weighted by Gasteiger charge is 2.21. The van der Waals surface area contributed by atoms with Gasteiger partial charge < -0.3 is 10.5 Å². The highest BCUT2D eigenvalue weighted by atomic mass is 16.5. The van der Waals surface area contributed by atoms with Crippen molar-refractivity contribution in [1.82, 2.24) is 15.0 Å². The Morgan fingerprint density at radius 2 is 1.88 bits per heavy atom. The number of nitrogen functional groups attached to an aromatic ring is 1. The summed E-state index contributed by atoms with van der Waals surface area (Å²) in [6.45, 7) is 10.6. The van der Waals surface area contributed by atoms with Gasteiger partial charge in [0.25, 0.3) is 0 Å². The molecule has 0 spiro atoms. The van der Waals surface area contributed by atoms with E-state index >= 15 is 0 Å². The van der Waals surface area contributed by atoms with E-state index in [0.29, 0.717) is 18.3 Å². The van der Waals surface area contributed by atoms with Crippen molar-refractivity contribution in [3.05, 3.63) is 11.6 Å². The van der Waals surface area contributed by atoms with E-state index in [0.717, 1.165) is 0 Å². The Bertz CT molecular complexity index is 359. The van der Waals surface area contributed by atoms with Crippen molar-refractivity contribution < 1.29 is 4.74 Å². The molecule has 0 fully saturated rings. The first kappa shape index (κ1) is 12.8. The van der Waals surface area contributed by atoms with Gasteiger partial charge >= 0.3 is 0 Å². The van der Waals surface area contributed by atoms with Crippen LogP contribution in [-0.4, -0.2) is 21.6 Å². The molecule has 1 aromatic heterocycles. The molecule has 0 aromatic carbocycles. The quantitative estimate of drug-likeness (QED) is 0.848. The van der Waals surface area contributed by atoms with Crippen LogP contribution in [0.1, 0.15) is 52.4 Å². The van der Waals surface area contributed by atoms with Crippen molar-refractivity contribution in [2.75, 3.05) is 12.3 Å². The summed E-state index contributed by atoms with van der Waals surface area (Å²) >= 11 is 0. The zero-order chi connectivity index (χ0) is 12.3. The third-order valence-corrected chi connectivity index (χ3v) is 2.12. The van der Waals surface area contributed by atoms with Crippen LogP contribution in [0, 0.1) is 0 Å². The minimum absolute atomic E-state index is 0.141. The van der Waals surface area contributed by atoms with E-state index in [4.69, 9.17) is 10.5 Å². The number of nitrogens with two attached hydrogens (primary N) is 1. The normalized spacial score (nSPS) is 13.8. The summed E-state index contributed by atoms with van der Waals surface area (Å²) in [6, 6.07) is 0. The first-order valence-corrected chi connectivity index (χ1v) is 5.48. The molecule has 1 rings (SSSR count). The fraction of sp³-hybridized carbons (Fsp3) is 0.727. The van der Waals surface area contributed by atoms with Gasteiger partial charge in [0, 0.05) is 12.0 Å². The van der Waals surface area contributed by atoms with Crippen molar-refractivity contribution in [2.24, 2.45) is 0 Å². The SMILES string of the molecule is CCOC(C)c1nc(N)nc(C(C)(C)C)n1. The van der Waals surface area contributed by atoms with Crippen LogP contribution < -0.4 is 5.73 Å². The van der Waals surface area contributed by atoms with Gasteiger partial charge in [-0.25, -0.2) is 4.98 Å². The molecule has 90 valence electrons. The van der Waals surface area contributed by atoms with Gasteiger partial charge in [0.05, 0.1) is 0 Å². The van der Waals surface area contributed by atoms with Crippen LogP contribution in [-0.2, 0) is 10.2 Å². The number of hydrogen-bond donors (Lipinski definition) is 1. The highest BCUT2D eigenvalue weighted by molar-refractivity contribution is 5.19. The van der Waals surface area contributed by atoms with E-state index < -0.39 is 0 Å². The Morgan fingerprint density at radius 3 is 2.38 bits per heavy atom. The molecular formula is C11H20N4O. The molecule has 0 radical (unpaired) electrons. The molecule has 1 aromatic rings. The second kappa shape index (κ2) is 4.74. The van der Waals surface area contributed by atoms with Crippen LogP contribution in [0.2, 0.25) is 0 Å². The number of rotatable bonds is 3. The maximum absolute atomic E-state index is 5.67. The van der Waals surface area contributed by atoms with Crippen LogP contribution in [0.3, 0.4) is 0 Å². The van der Waals surface area contributed by atoms with Gasteiger partial charge in [-0.15, -0.1) is 0 Å². The lowest BCUT2D eigenvalue weighted by Gasteiger charge is -2.18. The zero-order valence-electron chi connectivity index (χ0n) is 10.6. The average molecular weight is 224 g/mol. The van der Waals surface area contributed by atoms with Gasteiger partial charge in [-0.3, -0.25) is 0 Å². The molecule has 0 bridgehead atoms. The Kier molecular flexibility index (Phi) is 3.80. The lowest BCUT2D eigenvalue weighted by molar-refractivity contribution is 0.0696. The Morgan fingerprint density at radius 1 is 1.25 bits per heavy atom. The molecule has 0 saturated heterocycles. The Balaban J connectivity index is 3.08. The molecule has 2 N–H and O–H groups in total. The van der Waals surface area contributed by atoms with Crippen molar-refractivity contribution >= 4 is 5.95 Å². The van der Waals surface area contributed by atoms with E-state index in [1.54, 1.807) is 0 Å². The van der Waals surface area contributed by atoms with E-state index in [9.17, 15) is 0 Å². The molecule has 1 heterocycles.